The number of amidine groups is 2. The molecule has 6 rings (SSSR count). The Bertz CT molecular complexity index is 1160. The average Bonchev–Trinajstić information content (AvgIpc) is 3.54. The number of guanidine groups is 1. The van der Waals surface area contributed by atoms with Gasteiger partial charge in [0, 0.05) is 25.3 Å². The highest BCUT2D eigenvalue weighted by Gasteiger charge is 2.60. The summed E-state index contributed by atoms with van der Waals surface area (Å²) in [6, 6.07) is 0.725. The third-order valence-corrected chi connectivity index (χ3v) is 11.2. The summed E-state index contributed by atoms with van der Waals surface area (Å²) in [5.74, 6) is 4.17. The van der Waals surface area contributed by atoms with Crippen LogP contribution in [0.25, 0.3) is 0 Å². The highest BCUT2D eigenvalue weighted by molar-refractivity contribution is 6.14. The van der Waals surface area contributed by atoms with Gasteiger partial charge in [0.05, 0.1) is 37.4 Å². The van der Waals surface area contributed by atoms with E-state index >= 15 is 0 Å². The summed E-state index contributed by atoms with van der Waals surface area (Å²) in [6.45, 7) is 9.25. The second-order valence-corrected chi connectivity index (χ2v) is 14.5. The first-order valence-corrected chi connectivity index (χ1v) is 17.0. The highest BCUT2D eigenvalue weighted by atomic mass is 16.5. The van der Waals surface area contributed by atoms with Crippen LogP contribution >= 0.6 is 0 Å². The molecule has 9 heteroatoms. The monoisotopic (exact) mass is 581 g/mol. The zero-order valence-electron chi connectivity index (χ0n) is 26.5. The molecule has 5 aliphatic heterocycles. The van der Waals surface area contributed by atoms with Crippen LogP contribution in [0.15, 0.2) is 4.99 Å². The molecule has 0 aromatic carbocycles. The maximum Gasteiger partial charge on any atom is 0.433 e. The number of likely N-dealkylation sites (tertiary alicyclic amines) is 1. The van der Waals surface area contributed by atoms with Crippen LogP contribution in [-0.2, 0) is 4.74 Å². The van der Waals surface area contributed by atoms with Gasteiger partial charge in [0.1, 0.15) is 18.2 Å². The number of rotatable bonds is 8. The molecule has 1 saturated carbocycles. The lowest BCUT2D eigenvalue weighted by Crippen LogP contribution is -2.51. The van der Waals surface area contributed by atoms with E-state index < -0.39 is 0 Å². The minimum absolute atomic E-state index is 0.154. The van der Waals surface area contributed by atoms with Gasteiger partial charge in [0.2, 0.25) is 0 Å². The molecule has 5 heterocycles. The molecule has 0 spiro atoms. The number of hydrogen-bond donors (Lipinski definition) is 4. The SMILES string of the molecule is CCCCCC1([C@H]2CNC(O)C2)CCC(NC2=[N+]=C3C(C=N2)C2COC(C)(C)C[C@H]2N3C2=[N+]=C(CNC)CCC2)CC1. The molecule has 0 aromatic rings. The minimum atomic E-state index is -0.334. The van der Waals surface area contributed by atoms with Crippen LogP contribution in [0.4, 0.5) is 0 Å². The van der Waals surface area contributed by atoms with Crippen molar-refractivity contribution in [3.63, 3.8) is 0 Å². The van der Waals surface area contributed by atoms with Gasteiger partial charge >= 0.3 is 17.6 Å². The zero-order chi connectivity index (χ0) is 29.3. The Morgan fingerprint density at radius 2 is 2.02 bits per heavy atom. The van der Waals surface area contributed by atoms with E-state index in [1.165, 1.54) is 50.1 Å². The third-order valence-electron chi connectivity index (χ3n) is 11.2. The van der Waals surface area contributed by atoms with Gasteiger partial charge in [-0.15, -0.1) is 4.99 Å². The van der Waals surface area contributed by atoms with Gasteiger partial charge in [-0.25, -0.2) is 9.34 Å². The molecular formula is C33H55N7O2+2. The summed E-state index contributed by atoms with van der Waals surface area (Å²) in [7, 11) is 2.00. The van der Waals surface area contributed by atoms with Crippen molar-refractivity contribution in [1.29, 1.82) is 0 Å². The van der Waals surface area contributed by atoms with Crippen LogP contribution in [0.5, 0.6) is 0 Å². The van der Waals surface area contributed by atoms with Crippen LogP contribution < -0.4 is 25.3 Å². The fraction of sp³-hybridized carbons (Fsp3) is 0.848. The van der Waals surface area contributed by atoms with Gasteiger partial charge in [-0.3, -0.25) is 10.6 Å². The minimum Gasteiger partial charge on any atom is -0.379 e. The van der Waals surface area contributed by atoms with Gasteiger partial charge < -0.3 is 15.2 Å². The molecule has 4 fully saturated rings. The number of fused-ring (bicyclic) bond motifs is 3. The lowest BCUT2D eigenvalue weighted by molar-refractivity contribution is -0.0921. The molecule has 1 aliphatic carbocycles. The molecule has 3 unspecified atom stereocenters. The van der Waals surface area contributed by atoms with Crippen LogP contribution in [0, 0.1) is 23.2 Å². The Balaban J connectivity index is 1.23. The molecule has 6 aliphatic rings. The quantitative estimate of drug-likeness (QED) is 0.259. The maximum absolute atomic E-state index is 10.2. The normalized spacial score (nSPS) is 37.4. The van der Waals surface area contributed by atoms with E-state index in [1.807, 2.05) is 7.05 Å². The molecule has 0 radical (unpaired) electrons. The second-order valence-electron chi connectivity index (χ2n) is 14.5. The number of aliphatic hydroxyl groups excluding tert-OH is 1. The van der Waals surface area contributed by atoms with Crippen LogP contribution in [-0.4, -0.2) is 90.2 Å². The zero-order valence-corrected chi connectivity index (χ0v) is 26.5. The molecule has 42 heavy (non-hydrogen) atoms. The maximum atomic E-state index is 10.2. The average molecular weight is 582 g/mol. The van der Waals surface area contributed by atoms with Gasteiger partial charge in [-0.1, -0.05) is 26.2 Å². The summed E-state index contributed by atoms with van der Waals surface area (Å²) in [5.41, 5.74) is 1.44. The van der Waals surface area contributed by atoms with Crippen molar-refractivity contribution < 1.29 is 9.84 Å². The number of nitrogens with zero attached hydrogens (tertiary/aromatic N) is 4. The van der Waals surface area contributed by atoms with E-state index in [0.717, 1.165) is 76.4 Å². The Labute approximate surface area is 252 Å². The first-order chi connectivity index (χ1) is 20.3. The standard InChI is InChI=1S/C33H54N7O2/c1-5-6-7-13-33(22-16-29(41)35-18-22)14-11-23(12-15-33)38-31-36-20-25-26-21-42-32(2,3)17-27(26)40(30(25)39-31)28-10-8-9-24(37-28)19-34-4/h20,22-23,25-27,29,34-35,41H,5-19,21H2,1-4H3/q+1/p+1/t22-,23?,25?,26?,27-,29?,33?/m1/s1. The Kier molecular flexibility index (Phi) is 8.98. The number of aliphatic imine (C=N–C) groups is 1. The highest BCUT2D eigenvalue weighted by Crippen LogP contribution is 2.49. The van der Waals surface area contributed by atoms with E-state index in [9.17, 15) is 5.11 Å². The number of aliphatic hydroxyl groups is 1. The second kappa shape index (κ2) is 12.6. The molecular weight excluding hydrogens is 526 g/mol. The third kappa shape index (κ3) is 6.15. The predicted molar refractivity (Wildman–Crippen MR) is 172 cm³/mol. The van der Waals surface area contributed by atoms with Gasteiger partial charge in [0.15, 0.2) is 5.71 Å². The molecule has 0 aromatic heterocycles. The molecule has 3 saturated heterocycles. The van der Waals surface area contributed by atoms with E-state index in [-0.39, 0.29) is 17.7 Å². The summed E-state index contributed by atoms with van der Waals surface area (Å²) >= 11 is 0. The fourth-order valence-corrected chi connectivity index (χ4v) is 8.82. The van der Waals surface area contributed by atoms with Crippen LogP contribution in [0.3, 0.4) is 0 Å². The first-order valence-electron chi connectivity index (χ1n) is 17.0. The van der Waals surface area contributed by atoms with Gasteiger partial charge in [-0.05, 0) is 77.2 Å². The Morgan fingerprint density at radius 1 is 1.19 bits per heavy atom. The van der Waals surface area contributed by atoms with Crippen molar-refractivity contribution in [2.45, 2.75) is 128 Å². The lowest BCUT2D eigenvalue weighted by Gasteiger charge is -2.44. The molecule has 232 valence electrons. The number of hydrogen-bond acceptors (Lipinski definition) is 7. The molecule has 0 bridgehead atoms. The molecule has 4 N–H and O–H groups in total. The number of nitrogens with one attached hydrogen (secondary N) is 3. The predicted octanol–water partition coefficient (Wildman–Crippen LogP) is 2.34. The molecule has 0 amide bonds. The van der Waals surface area contributed by atoms with Crippen molar-refractivity contribution in [3.8, 4) is 0 Å². The van der Waals surface area contributed by atoms with Crippen molar-refractivity contribution >= 4 is 29.6 Å². The van der Waals surface area contributed by atoms with Crippen molar-refractivity contribution in [1.82, 2.24) is 30.2 Å². The molecule has 9 nitrogen and oxygen atoms in total. The van der Waals surface area contributed by atoms with E-state index in [2.05, 4.69) is 47.8 Å². The summed E-state index contributed by atoms with van der Waals surface area (Å²) in [5, 5.41) is 20.6. The van der Waals surface area contributed by atoms with E-state index in [1.54, 1.807) is 0 Å². The Morgan fingerprint density at radius 3 is 2.76 bits per heavy atom. The van der Waals surface area contributed by atoms with Crippen molar-refractivity contribution in [2.75, 3.05) is 26.7 Å². The fourth-order valence-electron chi connectivity index (χ4n) is 8.82. The number of ether oxygens (including phenoxy) is 1. The first kappa shape index (κ1) is 30.1. The van der Waals surface area contributed by atoms with E-state index in [4.69, 9.17) is 19.1 Å². The van der Waals surface area contributed by atoms with Crippen LogP contribution in [0.2, 0.25) is 0 Å². The number of unbranched alkanes of at least 4 members (excludes halogenated alkanes) is 2. The summed E-state index contributed by atoms with van der Waals surface area (Å²) < 4.78 is 16.8. The smallest absolute Gasteiger partial charge is 0.379 e. The summed E-state index contributed by atoms with van der Waals surface area (Å²) in [4.78, 5) is 7.41. The summed E-state index contributed by atoms with van der Waals surface area (Å²) in [6.07, 6.45) is 16.7. The largest absolute Gasteiger partial charge is 0.433 e. The van der Waals surface area contributed by atoms with Crippen molar-refractivity contribution in [3.05, 3.63) is 0 Å². The van der Waals surface area contributed by atoms with E-state index in [0.29, 0.717) is 29.3 Å². The van der Waals surface area contributed by atoms with Gasteiger partial charge in [-0.2, -0.15) is 4.90 Å². The molecule has 5 atom stereocenters. The Hall–Kier alpha value is -1.99. The van der Waals surface area contributed by atoms with Crippen molar-refractivity contribution in [2.24, 2.45) is 28.2 Å². The van der Waals surface area contributed by atoms with Gasteiger partial charge in [0.25, 0.3) is 0 Å². The topological polar surface area (TPSA) is 109 Å². The lowest BCUT2D eigenvalue weighted by atomic mass is 9.62. The van der Waals surface area contributed by atoms with Crippen LogP contribution in [0.1, 0.15) is 104 Å².